The van der Waals surface area contributed by atoms with Crippen molar-refractivity contribution < 1.29 is 18.7 Å². The average Bonchev–Trinajstić information content (AvgIpc) is 3.57. The number of fused-ring (bicyclic) bond motifs is 2. The van der Waals surface area contributed by atoms with Crippen LogP contribution in [0.4, 0.5) is 20.7 Å². The van der Waals surface area contributed by atoms with Crippen LogP contribution in [0, 0.1) is 12.4 Å². The zero-order chi connectivity index (χ0) is 33.6. The number of ether oxygens (including phenoxy) is 2. The second kappa shape index (κ2) is 12.8. The number of amides is 1. The van der Waals surface area contributed by atoms with Crippen LogP contribution in [0.15, 0.2) is 49.1 Å². The lowest BCUT2D eigenvalue weighted by atomic mass is 9.89. The van der Waals surface area contributed by atoms with Gasteiger partial charge >= 0.3 is 12.1 Å². The number of imidazole rings is 1. The van der Waals surface area contributed by atoms with Crippen LogP contribution >= 0.6 is 11.6 Å². The standard InChI is InChI=1S/C35H38ClFN8O3/c1-35(2,3)48-34(46)45-17-16-43(19-23(45)18-38-4)32-24-12-14-42(28-7-5-6-22-8-9-25(37)31(36)30(22)28)20-26(24)40-33(41-32)47-29-11-10-27(29)44-15-13-39-21-44/h5-9,13,15,21,23,27,29H,10-12,14,16-20H2,1-3H3/t23-,27?,29?/m0/s1. The van der Waals surface area contributed by atoms with Gasteiger partial charge in [-0.3, -0.25) is 4.90 Å². The minimum atomic E-state index is -0.642. The number of anilines is 2. The van der Waals surface area contributed by atoms with Crippen molar-refractivity contribution in [1.29, 1.82) is 0 Å². The quantitative estimate of drug-likeness (QED) is 0.220. The molecule has 1 aliphatic carbocycles. The molecule has 1 saturated heterocycles. The number of hydrogen-bond acceptors (Lipinski definition) is 8. The van der Waals surface area contributed by atoms with E-state index in [-0.39, 0.29) is 29.8 Å². The molecule has 4 aromatic rings. The monoisotopic (exact) mass is 672 g/mol. The molecule has 3 atom stereocenters. The van der Waals surface area contributed by atoms with Crippen LogP contribution in [0.5, 0.6) is 6.01 Å². The van der Waals surface area contributed by atoms with Crippen molar-refractivity contribution in [3.05, 3.63) is 82.6 Å². The maximum atomic E-state index is 14.6. The smallest absolute Gasteiger partial charge is 0.410 e. The lowest BCUT2D eigenvalue weighted by molar-refractivity contribution is 0.0155. The summed E-state index contributed by atoms with van der Waals surface area (Å²) in [6.07, 6.45) is 7.45. The summed E-state index contributed by atoms with van der Waals surface area (Å²) in [5.41, 5.74) is 2.02. The predicted octanol–water partition coefficient (Wildman–Crippen LogP) is 6.31. The molecule has 4 heterocycles. The number of benzene rings is 2. The van der Waals surface area contributed by atoms with Crippen molar-refractivity contribution in [1.82, 2.24) is 24.4 Å². The van der Waals surface area contributed by atoms with E-state index in [0.717, 1.165) is 41.0 Å². The molecule has 0 N–H and O–H groups in total. The maximum Gasteiger partial charge on any atom is 0.410 e. The lowest BCUT2D eigenvalue weighted by Gasteiger charge is -2.42. The molecule has 0 bridgehead atoms. The van der Waals surface area contributed by atoms with Gasteiger partial charge < -0.3 is 28.7 Å². The van der Waals surface area contributed by atoms with Gasteiger partial charge in [0, 0.05) is 55.2 Å². The van der Waals surface area contributed by atoms with Crippen LogP contribution in [-0.2, 0) is 17.7 Å². The number of rotatable bonds is 6. The number of halogens is 2. The van der Waals surface area contributed by atoms with Crippen molar-refractivity contribution in [3.63, 3.8) is 0 Å². The lowest BCUT2D eigenvalue weighted by Crippen LogP contribution is -2.57. The van der Waals surface area contributed by atoms with E-state index < -0.39 is 17.5 Å². The SMILES string of the molecule is [C-]#[N+]C[C@H]1CN(c2nc(OC3CCC3n3ccnc3)nc3c2CCN(c2cccc4ccc(F)c(Cl)c24)C3)CCN1C(=O)OC(C)(C)C. The van der Waals surface area contributed by atoms with E-state index in [9.17, 15) is 9.18 Å². The van der Waals surface area contributed by atoms with Crippen LogP contribution < -0.4 is 14.5 Å². The van der Waals surface area contributed by atoms with Gasteiger partial charge in [0.2, 0.25) is 6.54 Å². The maximum absolute atomic E-state index is 14.6. The van der Waals surface area contributed by atoms with Gasteiger partial charge in [0.25, 0.3) is 0 Å². The van der Waals surface area contributed by atoms with Gasteiger partial charge in [0.15, 0.2) is 0 Å². The van der Waals surface area contributed by atoms with Crippen molar-refractivity contribution in [2.24, 2.45) is 0 Å². The first kappa shape index (κ1) is 31.9. The molecule has 1 saturated carbocycles. The number of aromatic nitrogens is 4. The second-order valence-corrected chi connectivity index (χ2v) is 14.0. The van der Waals surface area contributed by atoms with E-state index in [2.05, 4.69) is 24.2 Å². The van der Waals surface area contributed by atoms with Crippen molar-refractivity contribution in [3.8, 4) is 6.01 Å². The first-order chi connectivity index (χ1) is 23.1. The summed E-state index contributed by atoms with van der Waals surface area (Å²) < 4.78 is 28.9. The van der Waals surface area contributed by atoms with Crippen molar-refractivity contribution in [2.45, 2.75) is 70.4 Å². The van der Waals surface area contributed by atoms with E-state index >= 15 is 0 Å². The van der Waals surface area contributed by atoms with Crippen LogP contribution in [0.3, 0.4) is 0 Å². The summed E-state index contributed by atoms with van der Waals surface area (Å²) in [5, 5.41) is 1.64. The minimum absolute atomic E-state index is 0.102. The molecule has 2 fully saturated rings. The molecule has 3 aliphatic rings. The average molecular weight is 673 g/mol. The first-order valence-electron chi connectivity index (χ1n) is 16.3. The number of piperazine rings is 1. The third kappa shape index (κ3) is 6.19. The number of hydrogen-bond donors (Lipinski definition) is 0. The van der Waals surface area contributed by atoms with Crippen LogP contribution in [0.2, 0.25) is 5.02 Å². The Balaban J connectivity index is 1.23. The molecule has 13 heteroatoms. The number of nitrogens with zero attached hydrogens (tertiary/aromatic N) is 8. The Bertz CT molecular complexity index is 1870. The van der Waals surface area contributed by atoms with Crippen LogP contribution in [-0.4, -0.2) is 81.0 Å². The summed E-state index contributed by atoms with van der Waals surface area (Å²) in [6.45, 7) is 15.7. The fourth-order valence-electron chi connectivity index (χ4n) is 6.86. The zero-order valence-corrected chi connectivity index (χ0v) is 28.0. The van der Waals surface area contributed by atoms with Gasteiger partial charge in [-0.1, -0.05) is 29.8 Å². The normalized spacial score (nSPS) is 21.0. The Kier molecular flexibility index (Phi) is 8.50. The minimum Gasteiger partial charge on any atom is -0.458 e. The summed E-state index contributed by atoms with van der Waals surface area (Å²) in [4.78, 5) is 37.0. The van der Waals surface area contributed by atoms with Crippen molar-refractivity contribution >= 4 is 40.0 Å². The molecule has 1 amide bonds. The highest BCUT2D eigenvalue weighted by atomic mass is 35.5. The van der Waals surface area contributed by atoms with E-state index in [1.165, 1.54) is 6.07 Å². The number of carbonyl (C=O) groups is 1. The molecule has 250 valence electrons. The molecular weight excluding hydrogens is 635 g/mol. The molecule has 2 aliphatic heterocycles. The molecular formula is C35H38ClFN8O3. The van der Waals surface area contributed by atoms with Gasteiger partial charge in [-0.2, -0.15) is 9.97 Å². The Morgan fingerprint density at radius 3 is 2.71 bits per heavy atom. The molecule has 48 heavy (non-hydrogen) atoms. The topological polar surface area (TPSA) is 93.2 Å². The molecule has 11 nitrogen and oxygen atoms in total. The highest BCUT2D eigenvalue weighted by Crippen LogP contribution is 2.40. The van der Waals surface area contributed by atoms with Gasteiger partial charge in [0.1, 0.15) is 29.4 Å². The Morgan fingerprint density at radius 2 is 1.98 bits per heavy atom. The molecule has 0 spiro atoms. The summed E-state index contributed by atoms with van der Waals surface area (Å²) >= 11 is 6.53. The molecule has 0 radical (unpaired) electrons. The van der Waals surface area contributed by atoms with Gasteiger partial charge in [-0.25, -0.2) is 20.7 Å². The van der Waals surface area contributed by atoms with Crippen LogP contribution in [0.25, 0.3) is 15.6 Å². The highest BCUT2D eigenvalue weighted by Gasteiger charge is 2.39. The molecule has 2 unspecified atom stereocenters. The van der Waals surface area contributed by atoms with Crippen molar-refractivity contribution in [2.75, 3.05) is 42.5 Å². The van der Waals surface area contributed by atoms with Gasteiger partial charge in [0.05, 0.1) is 29.6 Å². The van der Waals surface area contributed by atoms with Crippen LogP contribution in [0.1, 0.15) is 50.9 Å². The third-order valence-electron chi connectivity index (χ3n) is 9.33. The summed E-state index contributed by atoms with van der Waals surface area (Å²) in [6, 6.07) is 9.05. The predicted molar refractivity (Wildman–Crippen MR) is 181 cm³/mol. The number of carbonyl (C=O) groups excluding carboxylic acids is 1. The third-order valence-corrected chi connectivity index (χ3v) is 9.70. The fraction of sp³-hybridized carbons (Fsp3) is 0.457. The van der Waals surface area contributed by atoms with E-state index in [4.69, 9.17) is 37.6 Å². The Morgan fingerprint density at radius 1 is 1.12 bits per heavy atom. The van der Waals surface area contributed by atoms with Gasteiger partial charge in [-0.15, -0.1) is 0 Å². The second-order valence-electron chi connectivity index (χ2n) is 13.6. The van der Waals surface area contributed by atoms with E-state index in [1.54, 1.807) is 23.5 Å². The van der Waals surface area contributed by atoms with E-state index in [1.807, 2.05) is 45.2 Å². The van der Waals surface area contributed by atoms with Gasteiger partial charge in [-0.05, 0) is 57.6 Å². The fourth-order valence-corrected chi connectivity index (χ4v) is 7.13. The van der Waals surface area contributed by atoms with E-state index in [0.29, 0.717) is 50.5 Å². The Labute approximate surface area is 284 Å². The zero-order valence-electron chi connectivity index (χ0n) is 27.3. The Hall–Kier alpha value is -4.63. The summed E-state index contributed by atoms with van der Waals surface area (Å²) in [7, 11) is 0. The molecule has 7 rings (SSSR count). The first-order valence-corrected chi connectivity index (χ1v) is 16.7. The highest BCUT2D eigenvalue weighted by molar-refractivity contribution is 6.36. The largest absolute Gasteiger partial charge is 0.458 e. The molecule has 2 aromatic carbocycles. The molecule has 2 aromatic heterocycles. The summed E-state index contributed by atoms with van der Waals surface area (Å²) in [5.74, 6) is 0.302.